The van der Waals surface area contributed by atoms with Gasteiger partial charge in [0.25, 0.3) is 0 Å². The van der Waals surface area contributed by atoms with Crippen LogP contribution in [0.4, 0.5) is 0 Å². The largest absolute Gasteiger partial charge is 0.461 e. The molecule has 0 radical (unpaired) electrons. The number of ether oxygens (including phenoxy) is 1. The standard InChI is InChI=1S/C15H20O4S/c1-2-3-9-13-14(10-11-15(16)19-13)20(17,18)12-7-5-4-6-8-12/h4-8,13-14H,2-3,9-11H2,1H3/t13-,14-/m1/s1. The third-order valence-electron chi connectivity index (χ3n) is 3.64. The van der Waals surface area contributed by atoms with Crippen molar-refractivity contribution in [2.24, 2.45) is 0 Å². The molecule has 1 aromatic carbocycles. The van der Waals surface area contributed by atoms with Gasteiger partial charge in [-0.15, -0.1) is 0 Å². The van der Waals surface area contributed by atoms with Crippen molar-refractivity contribution in [3.8, 4) is 0 Å². The highest BCUT2D eigenvalue weighted by Crippen LogP contribution is 2.29. The lowest BCUT2D eigenvalue weighted by Crippen LogP contribution is -2.41. The molecule has 1 heterocycles. The fraction of sp³-hybridized carbons (Fsp3) is 0.533. The molecule has 1 aliphatic rings. The van der Waals surface area contributed by atoms with Crippen LogP contribution in [0.15, 0.2) is 35.2 Å². The molecular weight excluding hydrogens is 276 g/mol. The molecule has 1 saturated heterocycles. The quantitative estimate of drug-likeness (QED) is 0.784. The second-order valence-corrected chi connectivity index (χ2v) is 7.27. The average Bonchev–Trinajstić information content (AvgIpc) is 2.46. The summed E-state index contributed by atoms with van der Waals surface area (Å²) in [5.74, 6) is -0.286. The number of esters is 1. The second kappa shape index (κ2) is 6.39. The van der Waals surface area contributed by atoms with E-state index in [1.165, 1.54) is 0 Å². The van der Waals surface area contributed by atoms with Crippen LogP contribution < -0.4 is 0 Å². The molecule has 0 N–H and O–H groups in total. The van der Waals surface area contributed by atoms with Gasteiger partial charge >= 0.3 is 5.97 Å². The summed E-state index contributed by atoms with van der Waals surface area (Å²) in [6.07, 6.45) is 2.44. The lowest BCUT2D eigenvalue weighted by atomic mass is 10.0. The van der Waals surface area contributed by atoms with Gasteiger partial charge in [0.05, 0.1) is 4.90 Å². The number of sulfone groups is 1. The van der Waals surface area contributed by atoms with Crippen LogP contribution in [-0.2, 0) is 19.4 Å². The van der Waals surface area contributed by atoms with E-state index in [-0.39, 0.29) is 12.4 Å². The molecule has 0 unspecified atom stereocenters. The molecule has 0 aliphatic carbocycles. The van der Waals surface area contributed by atoms with Gasteiger partial charge in [0.1, 0.15) is 11.4 Å². The molecular formula is C15H20O4S. The van der Waals surface area contributed by atoms with Crippen LogP contribution in [0.3, 0.4) is 0 Å². The van der Waals surface area contributed by atoms with E-state index < -0.39 is 21.2 Å². The topological polar surface area (TPSA) is 60.4 Å². The molecule has 1 fully saturated rings. The Balaban J connectivity index is 2.25. The van der Waals surface area contributed by atoms with Crippen molar-refractivity contribution in [3.63, 3.8) is 0 Å². The summed E-state index contributed by atoms with van der Waals surface area (Å²) in [5, 5.41) is -0.617. The summed E-state index contributed by atoms with van der Waals surface area (Å²) in [6, 6.07) is 8.41. The third kappa shape index (κ3) is 3.20. The van der Waals surface area contributed by atoms with Gasteiger partial charge in [0.2, 0.25) is 0 Å². The summed E-state index contributed by atoms with van der Waals surface area (Å²) in [6.45, 7) is 2.03. The molecule has 2 rings (SSSR count). The highest BCUT2D eigenvalue weighted by Gasteiger charge is 2.39. The number of benzene rings is 1. The van der Waals surface area contributed by atoms with Gasteiger partial charge in [0, 0.05) is 6.42 Å². The van der Waals surface area contributed by atoms with Gasteiger partial charge in [-0.05, 0) is 31.4 Å². The lowest BCUT2D eigenvalue weighted by molar-refractivity contribution is -0.153. The number of hydrogen-bond donors (Lipinski definition) is 0. The molecule has 20 heavy (non-hydrogen) atoms. The number of carbonyl (C=O) groups is 1. The van der Waals surface area contributed by atoms with Gasteiger partial charge in [0.15, 0.2) is 9.84 Å². The minimum atomic E-state index is -3.44. The van der Waals surface area contributed by atoms with Crippen molar-refractivity contribution >= 4 is 15.8 Å². The van der Waals surface area contributed by atoms with Crippen molar-refractivity contribution in [1.82, 2.24) is 0 Å². The SMILES string of the molecule is CCCC[C@H]1OC(=O)CC[C@H]1S(=O)(=O)c1ccccc1. The summed E-state index contributed by atoms with van der Waals surface area (Å²) >= 11 is 0. The Hall–Kier alpha value is -1.36. The Morgan fingerprint density at radius 1 is 1.25 bits per heavy atom. The summed E-state index contributed by atoms with van der Waals surface area (Å²) < 4.78 is 30.6. The monoisotopic (exact) mass is 296 g/mol. The minimum absolute atomic E-state index is 0.180. The Morgan fingerprint density at radius 2 is 1.95 bits per heavy atom. The van der Waals surface area contributed by atoms with E-state index in [0.717, 1.165) is 12.8 Å². The average molecular weight is 296 g/mol. The lowest BCUT2D eigenvalue weighted by Gasteiger charge is -2.30. The number of unbranched alkanes of at least 4 members (excludes halogenated alkanes) is 1. The first-order valence-electron chi connectivity index (χ1n) is 7.04. The predicted octanol–water partition coefficient (Wildman–Crippen LogP) is 2.72. The maximum Gasteiger partial charge on any atom is 0.306 e. The van der Waals surface area contributed by atoms with Crippen LogP contribution in [-0.4, -0.2) is 25.7 Å². The zero-order valence-corrected chi connectivity index (χ0v) is 12.4. The minimum Gasteiger partial charge on any atom is -0.461 e. The molecule has 0 aromatic heterocycles. The number of carbonyl (C=O) groups excluding carboxylic acids is 1. The van der Waals surface area contributed by atoms with Gasteiger partial charge in [-0.1, -0.05) is 31.5 Å². The predicted molar refractivity (Wildman–Crippen MR) is 76.1 cm³/mol. The molecule has 0 amide bonds. The Kier molecular flexibility index (Phi) is 4.81. The van der Waals surface area contributed by atoms with Crippen LogP contribution in [0.5, 0.6) is 0 Å². The van der Waals surface area contributed by atoms with Gasteiger partial charge in [-0.2, -0.15) is 0 Å². The first-order valence-corrected chi connectivity index (χ1v) is 8.58. The van der Waals surface area contributed by atoms with Crippen LogP contribution in [0.2, 0.25) is 0 Å². The maximum atomic E-state index is 12.7. The molecule has 4 nitrogen and oxygen atoms in total. The van der Waals surface area contributed by atoms with E-state index in [9.17, 15) is 13.2 Å². The second-order valence-electron chi connectivity index (χ2n) is 5.11. The first-order chi connectivity index (χ1) is 9.55. The van der Waals surface area contributed by atoms with E-state index in [1.807, 2.05) is 6.92 Å². The van der Waals surface area contributed by atoms with Crippen LogP contribution in [0.25, 0.3) is 0 Å². The van der Waals surface area contributed by atoms with Gasteiger partial charge in [-0.25, -0.2) is 8.42 Å². The number of rotatable bonds is 5. The summed E-state index contributed by atoms with van der Waals surface area (Å²) in [4.78, 5) is 11.7. The zero-order valence-electron chi connectivity index (χ0n) is 11.6. The molecule has 0 saturated carbocycles. The van der Waals surface area contributed by atoms with Crippen molar-refractivity contribution in [2.45, 2.75) is 55.3 Å². The highest BCUT2D eigenvalue weighted by atomic mass is 32.2. The van der Waals surface area contributed by atoms with Crippen molar-refractivity contribution < 1.29 is 17.9 Å². The van der Waals surface area contributed by atoms with Crippen LogP contribution in [0, 0.1) is 0 Å². The third-order valence-corrected chi connectivity index (χ3v) is 5.91. The zero-order chi connectivity index (χ0) is 14.6. The molecule has 2 atom stereocenters. The first kappa shape index (κ1) is 15.0. The summed E-state index contributed by atoms with van der Waals surface area (Å²) in [5.41, 5.74) is 0. The van der Waals surface area contributed by atoms with E-state index in [1.54, 1.807) is 30.3 Å². The molecule has 0 spiro atoms. The molecule has 0 bridgehead atoms. The highest BCUT2D eigenvalue weighted by molar-refractivity contribution is 7.92. The Morgan fingerprint density at radius 3 is 2.60 bits per heavy atom. The Bertz CT molecular complexity index is 550. The van der Waals surface area contributed by atoms with E-state index >= 15 is 0 Å². The number of hydrogen-bond acceptors (Lipinski definition) is 4. The molecule has 1 aliphatic heterocycles. The summed E-state index contributed by atoms with van der Waals surface area (Å²) in [7, 11) is -3.44. The molecule has 110 valence electrons. The number of cyclic esters (lactones) is 1. The normalized spacial score (nSPS) is 23.4. The van der Waals surface area contributed by atoms with E-state index in [0.29, 0.717) is 17.7 Å². The van der Waals surface area contributed by atoms with Crippen molar-refractivity contribution in [2.75, 3.05) is 0 Å². The van der Waals surface area contributed by atoms with Gasteiger partial charge < -0.3 is 4.74 Å². The molecule has 1 aromatic rings. The van der Waals surface area contributed by atoms with Crippen molar-refractivity contribution in [1.29, 1.82) is 0 Å². The Labute approximate surface area is 120 Å². The van der Waals surface area contributed by atoms with Crippen molar-refractivity contribution in [3.05, 3.63) is 30.3 Å². The van der Waals surface area contributed by atoms with E-state index in [4.69, 9.17) is 4.74 Å². The molecule has 5 heteroatoms. The smallest absolute Gasteiger partial charge is 0.306 e. The van der Waals surface area contributed by atoms with E-state index in [2.05, 4.69) is 0 Å². The van der Waals surface area contributed by atoms with Crippen LogP contribution in [0.1, 0.15) is 39.0 Å². The van der Waals surface area contributed by atoms with Gasteiger partial charge in [-0.3, -0.25) is 4.79 Å². The maximum absolute atomic E-state index is 12.7. The fourth-order valence-corrected chi connectivity index (χ4v) is 4.45. The van der Waals surface area contributed by atoms with Crippen LogP contribution >= 0.6 is 0 Å². The fourth-order valence-electron chi connectivity index (χ4n) is 2.54.